The molecule has 0 spiro atoms. The fourth-order valence-corrected chi connectivity index (χ4v) is 4.17. The number of hydrogen-bond acceptors (Lipinski definition) is 11. The third kappa shape index (κ3) is 8.17. The zero-order chi connectivity index (χ0) is 25.1. The summed E-state index contributed by atoms with van der Waals surface area (Å²) >= 11 is 0. The fourth-order valence-electron chi connectivity index (χ4n) is 4.17. The molecule has 2 heterocycles. The van der Waals surface area contributed by atoms with Crippen LogP contribution in [0.1, 0.15) is 51.4 Å². The number of unbranched alkanes of at least 4 members (excludes halogenated alkanes) is 7. The maximum absolute atomic E-state index is 10.6. The average Bonchev–Trinajstić information content (AvgIpc) is 2.84. The van der Waals surface area contributed by atoms with Crippen molar-refractivity contribution in [3.8, 4) is 0 Å². The summed E-state index contributed by atoms with van der Waals surface area (Å²) in [5.41, 5.74) is 0. The van der Waals surface area contributed by atoms with E-state index in [1.54, 1.807) is 0 Å². The minimum Gasteiger partial charge on any atom is -0.394 e. The molecule has 2 rings (SSSR count). The van der Waals surface area contributed by atoms with Crippen LogP contribution in [-0.4, -0.2) is 117 Å². The Morgan fingerprint density at radius 2 is 1.21 bits per heavy atom. The lowest BCUT2D eigenvalue weighted by atomic mass is 9.97. The number of aliphatic hydroxyl groups excluding tert-OH is 7. The first-order valence-electron chi connectivity index (χ1n) is 12.2. The monoisotopic (exact) mass is 494 g/mol. The van der Waals surface area contributed by atoms with E-state index in [0.717, 1.165) is 32.1 Å². The second-order valence-corrected chi connectivity index (χ2v) is 8.93. The summed E-state index contributed by atoms with van der Waals surface area (Å²) in [4.78, 5) is 0. The first-order chi connectivity index (χ1) is 16.3. The lowest BCUT2D eigenvalue weighted by molar-refractivity contribution is -0.359. The number of ether oxygens (including phenoxy) is 4. The Kier molecular flexibility index (Phi) is 13.4. The molecule has 0 aromatic carbocycles. The van der Waals surface area contributed by atoms with Crippen LogP contribution in [0.25, 0.3) is 0 Å². The van der Waals surface area contributed by atoms with Crippen LogP contribution < -0.4 is 0 Å². The summed E-state index contributed by atoms with van der Waals surface area (Å²) in [5.74, 6) is 0. The van der Waals surface area contributed by atoms with Crippen molar-refractivity contribution in [2.45, 2.75) is 113 Å². The third-order valence-corrected chi connectivity index (χ3v) is 6.30. The van der Waals surface area contributed by atoms with Crippen molar-refractivity contribution < 1.29 is 54.7 Å². The van der Waals surface area contributed by atoms with E-state index < -0.39 is 74.6 Å². The molecule has 0 bridgehead atoms. The van der Waals surface area contributed by atoms with Crippen molar-refractivity contribution in [1.29, 1.82) is 0 Å². The quantitative estimate of drug-likeness (QED) is 0.109. The van der Waals surface area contributed by atoms with Gasteiger partial charge in [0.05, 0.1) is 13.2 Å². The highest BCUT2D eigenvalue weighted by Gasteiger charge is 2.50. The lowest BCUT2D eigenvalue weighted by Crippen LogP contribution is -2.64. The van der Waals surface area contributed by atoms with Crippen LogP contribution in [0.5, 0.6) is 0 Å². The maximum Gasteiger partial charge on any atom is 0.187 e. The molecule has 2 aliphatic heterocycles. The van der Waals surface area contributed by atoms with Crippen molar-refractivity contribution >= 4 is 0 Å². The van der Waals surface area contributed by atoms with E-state index in [-0.39, 0.29) is 0 Å². The van der Waals surface area contributed by atoms with Crippen LogP contribution in [0.3, 0.4) is 0 Å². The molecule has 0 aliphatic carbocycles. The standard InChI is InChI=1S/C23H42O11/c1-2-3-4-5-6-7-8-9-10-11-31-22-20(30)18(28)21(15(13-25)33-22)34-23-19(29)17(27)16(26)14(12-24)32-23/h2,14-30H,1,3-13H2/t14-,15-,16?,17+,18-,19?,20-,21?,22-,23?/m1/s1. The van der Waals surface area contributed by atoms with Gasteiger partial charge in [-0.05, 0) is 19.3 Å². The summed E-state index contributed by atoms with van der Waals surface area (Å²) in [6.45, 7) is 2.79. The van der Waals surface area contributed by atoms with Gasteiger partial charge in [-0.15, -0.1) is 6.58 Å². The topological polar surface area (TPSA) is 179 Å². The molecule has 34 heavy (non-hydrogen) atoms. The van der Waals surface area contributed by atoms with Gasteiger partial charge in [0.25, 0.3) is 0 Å². The predicted octanol–water partition coefficient (Wildman–Crippen LogP) is -1.07. The van der Waals surface area contributed by atoms with Gasteiger partial charge in [0.2, 0.25) is 0 Å². The van der Waals surface area contributed by atoms with Gasteiger partial charge in [-0.25, -0.2) is 0 Å². The smallest absolute Gasteiger partial charge is 0.187 e. The molecule has 0 radical (unpaired) electrons. The molecule has 0 aromatic heterocycles. The molecule has 0 saturated carbocycles. The van der Waals surface area contributed by atoms with Crippen molar-refractivity contribution in [3.05, 3.63) is 12.7 Å². The molecule has 11 nitrogen and oxygen atoms in total. The largest absolute Gasteiger partial charge is 0.394 e. The van der Waals surface area contributed by atoms with E-state index in [2.05, 4.69) is 6.58 Å². The Morgan fingerprint density at radius 3 is 1.82 bits per heavy atom. The Labute approximate surface area is 200 Å². The summed E-state index contributed by atoms with van der Waals surface area (Å²) in [6.07, 6.45) is -3.93. The minimum atomic E-state index is -1.70. The summed E-state index contributed by atoms with van der Waals surface area (Å²) in [7, 11) is 0. The summed E-state index contributed by atoms with van der Waals surface area (Å²) in [5, 5.41) is 70.0. The highest BCUT2D eigenvalue weighted by Crippen LogP contribution is 2.29. The first kappa shape index (κ1) is 29.5. The van der Waals surface area contributed by atoms with E-state index in [4.69, 9.17) is 18.9 Å². The van der Waals surface area contributed by atoms with Crippen molar-refractivity contribution in [1.82, 2.24) is 0 Å². The molecule has 2 saturated heterocycles. The van der Waals surface area contributed by atoms with Crippen molar-refractivity contribution in [2.24, 2.45) is 0 Å². The summed E-state index contributed by atoms with van der Waals surface area (Å²) < 4.78 is 22.0. The lowest BCUT2D eigenvalue weighted by Gasteiger charge is -2.45. The molecule has 4 unspecified atom stereocenters. The molecule has 11 heteroatoms. The molecular weight excluding hydrogens is 452 g/mol. The molecule has 0 aromatic rings. The van der Waals surface area contributed by atoms with Crippen molar-refractivity contribution in [3.63, 3.8) is 0 Å². The van der Waals surface area contributed by atoms with E-state index in [9.17, 15) is 35.7 Å². The van der Waals surface area contributed by atoms with Crippen LogP contribution in [-0.2, 0) is 18.9 Å². The second-order valence-electron chi connectivity index (χ2n) is 8.93. The van der Waals surface area contributed by atoms with Gasteiger partial charge in [0.15, 0.2) is 12.6 Å². The first-order valence-corrected chi connectivity index (χ1v) is 12.2. The highest BCUT2D eigenvalue weighted by molar-refractivity contribution is 4.94. The Bertz CT molecular complexity index is 561. The van der Waals surface area contributed by atoms with Crippen LogP contribution in [0.15, 0.2) is 12.7 Å². The number of rotatable bonds is 15. The molecular formula is C23H42O11. The van der Waals surface area contributed by atoms with Gasteiger partial charge in [-0.3, -0.25) is 0 Å². The normalized spacial score (nSPS) is 38.7. The number of hydrogen-bond donors (Lipinski definition) is 7. The van der Waals surface area contributed by atoms with Gasteiger partial charge in [-0.1, -0.05) is 38.2 Å². The van der Waals surface area contributed by atoms with Crippen molar-refractivity contribution in [2.75, 3.05) is 19.8 Å². The molecule has 2 fully saturated rings. The SMILES string of the molecule is C=CCCCCCCCCCO[C@@H]1O[C@H](CO)C(OC2O[C@H](CO)C(O)[C@H](O)C2O)[C@H](O)[C@H]1O. The predicted molar refractivity (Wildman–Crippen MR) is 119 cm³/mol. The van der Waals surface area contributed by atoms with Gasteiger partial charge in [0, 0.05) is 6.61 Å². The molecule has 200 valence electrons. The van der Waals surface area contributed by atoms with Gasteiger partial charge < -0.3 is 54.7 Å². The van der Waals surface area contributed by atoms with E-state index in [1.165, 1.54) is 19.3 Å². The van der Waals surface area contributed by atoms with Crippen LogP contribution in [0.4, 0.5) is 0 Å². The molecule has 0 amide bonds. The van der Waals surface area contributed by atoms with E-state index in [1.807, 2.05) is 6.08 Å². The second kappa shape index (κ2) is 15.4. The summed E-state index contributed by atoms with van der Waals surface area (Å²) in [6, 6.07) is 0. The van der Waals surface area contributed by atoms with Crippen LogP contribution >= 0.6 is 0 Å². The van der Waals surface area contributed by atoms with E-state index in [0.29, 0.717) is 6.61 Å². The molecule has 7 N–H and O–H groups in total. The third-order valence-electron chi connectivity index (χ3n) is 6.30. The Morgan fingerprint density at radius 1 is 0.647 bits per heavy atom. The van der Waals surface area contributed by atoms with Crippen LogP contribution in [0.2, 0.25) is 0 Å². The maximum atomic E-state index is 10.6. The Hall–Kier alpha value is -0.700. The Balaban J connectivity index is 1.78. The fraction of sp³-hybridized carbons (Fsp3) is 0.913. The van der Waals surface area contributed by atoms with E-state index >= 15 is 0 Å². The van der Waals surface area contributed by atoms with Gasteiger partial charge in [0.1, 0.15) is 48.8 Å². The zero-order valence-corrected chi connectivity index (χ0v) is 19.6. The minimum absolute atomic E-state index is 0.307. The highest BCUT2D eigenvalue weighted by atomic mass is 16.7. The molecule has 2 aliphatic rings. The molecule has 10 atom stereocenters. The average molecular weight is 495 g/mol. The van der Waals surface area contributed by atoms with Gasteiger partial charge in [-0.2, -0.15) is 0 Å². The van der Waals surface area contributed by atoms with Gasteiger partial charge >= 0.3 is 0 Å². The zero-order valence-electron chi connectivity index (χ0n) is 19.6. The van der Waals surface area contributed by atoms with Crippen LogP contribution in [0, 0.1) is 0 Å². The number of aliphatic hydroxyl groups is 7. The number of allylic oxidation sites excluding steroid dienone is 1.